The number of carbonyl (C=O) groups is 3. The molecule has 2 aromatic carbocycles. The Morgan fingerprint density at radius 3 is 2.58 bits per heavy atom. The first kappa shape index (κ1) is 20.7. The first-order chi connectivity index (χ1) is 14.8. The minimum absolute atomic E-state index is 0.0142. The molecular formula is C20H18N2O8S. The number of amides is 2. The molecule has 0 spiro atoms. The van der Waals surface area contributed by atoms with Crippen molar-refractivity contribution >= 4 is 33.5 Å². The highest BCUT2D eigenvalue weighted by Gasteiger charge is 2.42. The van der Waals surface area contributed by atoms with Gasteiger partial charge in [0.15, 0.2) is 17.6 Å². The summed E-state index contributed by atoms with van der Waals surface area (Å²) in [5, 5.41) is 2.58. The quantitative estimate of drug-likeness (QED) is 0.678. The van der Waals surface area contributed by atoms with E-state index in [1.807, 2.05) is 0 Å². The number of anilines is 1. The number of nitrogens with zero attached hydrogens (tertiary/aromatic N) is 1. The summed E-state index contributed by atoms with van der Waals surface area (Å²) in [4.78, 5) is 36.8. The van der Waals surface area contributed by atoms with E-state index in [4.69, 9.17) is 14.2 Å². The first-order valence-electron chi connectivity index (χ1n) is 9.33. The Kier molecular flexibility index (Phi) is 5.27. The molecule has 4 rings (SSSR count). The minimum Gasteiger partial charge on any atom is -0.486 e. The molecule has 2 aliphatic heterocycles. The van der Waals surface area contributed by atoms with E-state index in [9.17, 15) is 22.8 Å². The number of nitrogens with one attached hydrogen (secondary N) is 1. The Hall–Kier alpha value is -3.60. The van der Waals surface area contributed by atoms with Crippen LogP contribution in [0, 0.1) is 0 Å². The van der Waals surface area contributed by atoms with E-state index < -0.39 is 40.5 Å². The van der Waals surface area contributed by atoms with Gasteiger partial charge in [0.1, 0.15) is 24.7 Å². The molecule has 1 unspecified atom stereocenters. The molecule has 2 aliphatic rings. The van der Waals surface area contributed by atoms with Crippen LogP contribution in [0.4, 0.5) is 5.69 Å². The molecule has 31 heavy (non-hydrogen) atoms. The number of benzene rings is 2. The van der Waals surface area contributed by atoms with Gasteiger partial charge in [-0.05, 0) is 31.2 Å². The molecule has 0 saturated carbocycles. The third-order valence-electron chi connectivity index (χ3n) is 4.67. The Labute approximate surface area is 177 Å². The van der Waals surface area contributed by atoms with Crippen molar-refractivity contribution in [2.24, 2.45) is 0 Å². The van der Waals surface area contributed by atoms with Gasteiger partial charge < -0.3 is 19.5 Å². The fraction of sp³-hybridized carbons (Fsp3) is 0.250. The molecule has 1 N–H and O–H groups in total. The van der Waals surface area contributed by atoms with E-state index in [1.165, 1.54) is 31.2 Å². The van der Waals surface area contributed by atoms with Gasteiger partial charge in [-0.3, -0.25) is 14.4 Å². The van der Waals surface area contributed by atoms with E-state index in [0.717, 1.165) is 0 Å². The Morgan fingerprint density at radius 2 is 1.84 bits per heavy atom. The lowest BCUT2D eigenvalue weighted by Gasteiger charge is -2.20. The van der Waals surface area contributed by atoms with Crippen molar-refractivity contribution in [2.75, 3.05) is 25.1 Å². The molecule has 2 aromatic rings. The predicted molar refractivity (Wildman–Crippen MR) is 106 cm³/mol. The van der Waals surface area contributed by atoms with E-state index >= 15 is 0 Å². The fourth-order valence-corrected chi connectivity index (χ4v) is 4.67. The number of sulfonamides is 1. The maximum Gasteiger partial charge on any atom is 0.327 e. The highest BCUT2D eigenvalue weighted by Crippen LogP contribution is 2.33. The Balaban J connectivity index is 1.38. The van der Waals surface area contributed by atoms with Gasteiger partial charge >= 0.3 is 5.97 Å². The molecule has 0 saturated heterocycles. The lowest BCUT2D eigenvalue weighted by molar-refractivity contribution is -0.152. The molecule has 0 aromatic heterocycles. The van der Waals surface area contributed by atoms with Crippen molar-refractivity contribution in [1.29, 1.82) is 0 Å². The van der Waals surface area contributed by atoms with Gasteiger partial charge in [-0.2, -0.15) is 0 Å². The summed E-state index contributed by atoms with van der Waals surface area (Å²) in [5.74, 6) is -1.45. The monoisotopic (exact) mass is 446 g/mol. The van der Waals surface area contributed by atoms with Crippen LogP contribution >= 0.6 is 0 Å². The maximum atomic E-state index is 12.5. The zero-order chi connectivity index (χ0) is 22.2. The zero-order valence-electron chi connectivity index (χ0n) is 16.4. The van der Waals surface area contributed by atoms with E-state index in [0.29, 0.717) is 34.7 Å². The lowest BCUT2D eigenvalue weighted by Crippen LogP contribution is -2.38. The summed E-state index contributed by atoms with van der Waals surface area (Å²) in [6, 6.07) is 10.5. The minimum atomic E-state index is -4.15. The number of hydrogen-bond donors (Lipinski definition) is 1. The van der Waals surface area contributed by atoms with Crippen LogP contribution < -0.4 is 14.8 Å². The van der Waals surface area contributed by atoms with Gasteiger partial charge in [0.25, 0.3) is 21.8 Å². The van der Waals surface area contributed by atoms with E-state index in [-0.39, 0.29) is 10.5 Å². The van der Waals surface area contributed by atoms with Crippen molar-refractivity contribution in [1.82, 2.24) is 4.31 Å². The predicted octanol–water partition coefficient (Wildman–Crippen LogP) is 1.17. The highest BCUT2D eigenvalue weighted by atomic mass is 32.2. The summed E-state index contributed by atoms with van der Waals surface area (Å²) >= 11 is 0. The largest absolute Gasteiger partial charge is 0.486 e. The first-order valence-corrected chi connectivity index (χ1v) is 10.8. The molecule has 162 valence electrons. The van der Waals surface area contributed by atoms with Crippen molar-refractivity contribution in [3.05, 3.63) is 48.0 Å². The lowest BCUT2D eigenvalue weighted by atomic mass is 10.2. The van der Waals surface area contributed by atoms with Gasteiger partial charge in [-0.25, -0.2) is 12.7 Å². The van der Waals surface area contributed by atoms with Crippen LogP contribution in [-0.4, -0.2) is 56.4 Å². The average molecular weight is 446 g/mol. The molecular weight excluding hydrogens is 428 g/mol. The van der Waals surface area contributed by atoms with E-state index in [1.54, 1.807) is 18.2 Å². The smallest absolute Gasteiger partial charge is 0.327 e. The number of fused-ring (bicyclic) bond motifs is 2. The molecule has 0 bridgehead atoms. The Bertz CT molecular complexity index is 1180. The second-order valence-electron chi connectivity index (χ2n) is 6.79. The summed E-state index contributed by atoms with van der Waals surface area (Å²) in [7, 11) is -4.15. The van der Waals surface area contributed by atoms with Crippen LogP contribution in [0.3, 0.4) is 0 Å². The topological polar surface area (TPSA) is 128 Å². The van der Waals surface area contributed by atoms with Crippen molar-refractivity contribution in [3.63, 3.8) is 0 Å². The highest BCUT2D eigenvalue weighted by molar-refractivity contribution is 7.90. The van der Waals surface area contributed by atoms with Gasteiger partial charge in [0, 0.05) is 11.8 Å². The van der Waals surface area contributed by atoms with E-state index in [2.05, 4.69) is 5.32 Å². The molecule has 2 amide bonds. The number of esters is 1. The van der Waals surface area contributed by atoms with Crippen LogP contribution in [0.15, 0.2) is 47.4 Å². The zero-order valence-corrected chi connectivity index (χ0v) is 17.2. The second kappa shape index (κ2) is 7.91. The third kappa shape index (κ3) is 3.91. The number of carbonyl (C=O) groups excluding carboxylic acids is 3. The summed E-state index contributed by atoms with van der Waals surface area (Å²) in [5.41, 5.74) is 0.393. The van der Waals surface area contributed by atoms with Crippen LogP contribution in [0.25, 0.3) is 0 Å². The van der Waals surface area contributed by atoms with Crippen molar-refractivity contribution in [3.8, 4) is 11.5 Å². The standard InChI is InChI=1S/C20H18N2O8S/c1-12(19(24)21-13-6-7-15-16(10-13)29-9-8-28-15)30-18(23)11-22-20(25)14-4-2-3-5-17(14)31(22,26)27/h2-7,10,12H,8-9,11H2,1H3,(H,21,24). The molecule has 10 nitrogen and oxygen atoms in total. The molecule has 11 heteroatoms. The number of hydrogen-bond acceptors (Lipinski definition) is 8. The molecule has 0 radical (unpaired) electrons. The summed E-state index contributed by atoms with van der Waals surface area (Å²) in [6.45, 7) is 1.32. The third-order valence-corrected chi connectivity index (χ3v) is 6.46. The Morgan fingerprint density at radius 1 is 1.13 bits per heavy atom. The van der Waals surface area contributed by atoms with Gasteiger partial charge in [-0.15, -0.1) is 0 Å². The molecule has 2 heterocycles. The van der Waals surface area contributed by atoms with Gasteiger partial charge in [0.05, 0.1) is 5.56 Å². The van der Waals surface area contributed by atoms with Crippen LogP contribution in [0.2, 0.25) is 0 Å². The van der Waals surface area contributed by atoms with Crippen molar-refractivity contribution < 1.29 is 37.0 Å². The number of ether oxygens (including phenoxy) is 3. The van der Waals surface area contributed by atoms with Gasteiger partial charge in [0.2, 0.25) is 0 Å². The fourth-order valence-electron chi connectivity index (χ4n) is 3.16. The normalized spacial score (nSPS) is 16.9. The summed E-state index contributed by atoms with van der Waals surface area (Å²) in [6.07, 6.45) is -1.23. The molecule has 1 atom stereocenters. The average Bonchev–Trinajstić information content (AvgIpc) is 2.94. The molecule has 0 fully saturated rings. The van der Waals surface area contributed by atoms with Crippen LogP contribution in [-0.2, 0) is 24.3 Å². The maximum absolute atomic E-state index is 12.5. The molecule has 0 aliphatic carbocycles. The van der Waals surface area contributed by atoms with Crippen LogP contribution in [0.1, 0.15) is 17.3 Å². The number of rotatable bonds is 5. The van der Waals surface area contributed by atoms with Gasteiger partial charge in [-0.1, -0.05) is 12.1 Å². The SMILES string of the molecule is CC(OC(=O)CN1C(=O)c2ccccc2S1(=O)=O)C(=O)Nc1ccc2c(c1)OCCO2. The van der Waals surface area contributed by atoms with Crippen molar-refractivity contribution in [2.45, 2.75) is 17.9 Å². The second-order valence-corrected chi connectivity index (χ2v) is 8.62. The van der Waals surface area contributed by atoms with Crippen LogP contribution in [0.5, 0.6) is 11.5 Å². The summed E-state index contributed by atoms with van der Waals surface area (Å²) < 4.78 is 41.3.